The number of benzene rings is 1. The molecule has 21 heavy (non-hydrogen) atoms. The molecule has 0 bridgehead atoms. The minimum atomic E-state index is -0.635. The highest BCUT2D eigenvalue weighted by Crippen LogP contribution is 2.32. The molecule has 0 aliphatic carbocycles. The monoisotopic (exact) mass is 294 g/mol. The van der Waals surface area contributed by atoms with Gasteiger partial charge in [-0.05, 0) is 24.6 Å². The predicted octanol–water partition coefficient (Wildman–Crippen LogP) is 1.75. The fourth-order valence-corrected chi connectivity index (χ4v) is 2.42. The SMILES string of the molecule is COC(=O)c1nnn2c1NCCC2c1cc(F)ccc1F. The highest BCUT2D eigenvalue weighted by atomic mass is 19.1. The van der Waals surface area contributed by atoms with E-state index in [1.165, 1.54) is 11.8 Å². The van der Waals surface area contributed by atoms with E-state index in [4.69, 9.17) is 0 Å². The molecule has 110 valence electrons. The number of methoxy groups -OCH3 is 1. The van der Waals surface area contributed by atoms with Gasteiger partial charge >= 0.3 is 5.97 Å². The molecule has 0 fully saturated rings. The van der Waals surface area contributed by atoms with Gasteiger partial charge < -0.3 is 10.1 Å². The molecule has 0 saturated heterocycles. The van der Waals surface area contributed by atoms with Crippen LogP contribution in [0.25, 0.3) is 0 Å². The fraction of sp³-hybridized carbons (Fsp3) is 0.308. The normalized spacial score (nSPS) is 17.0. The molecule has 1 unspecified atom stereocenters. The summed E-state index contributed by atoms with van der Waals surface area (Å²) >= 11 is 0. The molecule has 0 radical (unpaired) electrons. The Balaban J connectivity index is 2.07. The summed E-state index contributed by atoms with van der Waals surface area (Å²) in [6, 6.07) is 2.74. The predicted molar refractivity (Wildman–Crippen MR) is 69.0 cm³/mol. The van der Waals surface area contributed by atoms with Gasteiger partial charge in [0.05, 0.1) is 13.2 Å². The number of nitrogens with one attached hydrogen (secondary N) is 1. The molecule has 0 amide bonds. The van der Waals surface area contributed by atoms with E-state index in [2.05, 4.69) is 20.4 Å². The van der Waals surface area contributed by atoms with E-state index >= 15 is 0 Å². The van der Waals surface area contributed by atoms with Gasteiger partial charge in [-0.3, -0.25) is 0 Å². The van der Waals surface area contributed by atoms with Crippen LogP contribution in [-0.2, 0) is 4.74 Å². The quantitative estimate of drug-likeness (QED) is 0.855. The van der Waals surface area contributed by atoms with Crippen molar-refractivity contribution in [2.45, 2.75) is 12.5 Å². The Bertz CT molecular complexity index is 701. The van der Waals surface area contributed by atoms with E-state index in [1.807, 2.05) is 0 Å². The number of carbonyl (C=O) groups excluding carboxylic acids is 1. The van der Waals surface area contributed by atoms with E-state index in [0.29, 0.717) is 18.8 Å². The molecular weight excluding hydrogens is 282 g/mol. The molecule has 2 heterocycles. The Morgan fingerprint density at radius 2 is 2.29 bits per heavy atom. The standard InChI is InChI=1S/C13H12F2N4O2/c1-21-13(20)11-12-16-5-4-10(19(12)18-17-11)8-6-7(14)2-3-9(8)15/h2-3,6,10,16H,4-5H2,1H3. The van der Waals surface area contributed by atoms with Crippen LogP contribution in [0.3, 0.4) is 0 Å². The maximum atomic E-state index is 13.9. The fourth-order valence-electron chi connectivity index (χ4n) is 2.42. The van der Waals surface area contributed by atoms with Crippen molar-refractivity contribution >= 4 is 11.8 Å². The van der Waals surface area contributed by atoms with E-state index < -0.39 is 23.6 Å². The van der Waals surface area contributed by atoms with Crippen LogP contribution in [-0.4, -0.2) is 34.6 Å². The van der Waals surface area contributed by atoms with Crippen LogP contribution in [0.4, 0.5) is 14.6 Å². The molecule has 0 saturated carbocycles. The maximum absolute atomic E-state index is 13.9. The second kappa shape index (κ2) is 5.12. The molecule has 1 aromatic heterocycles. The lowest BCUT2D eigenvalue weighted by Gasteiger charge is -2.25. The van der Waals surface area contributed by atoms with E-state index in [9.17, 15) is 13.6 Å². The van der Waals surface area contributed by atoms with Crippen molar-refractivity contribution in [2.75, 3.05) is 19.0 Å². The van der Waals surface area contributed by atoms with Gasteiger partial charge in [-0.1, -0.05) is 5.21 Å². The molecule has 1 aliphatic rings. The molecule has 8 heteroatoms. The molecular formula is C13H12F2N4O2. The van der Waals surface area contributed by atoms with Crippen LogP contribution in [0, 0.1) is 11.6 Å². The second-order valence-electron chi connectivity index (χ2n) is 4.62. The van der Waals surface area contributed by atoms with Gasteiger partial charge in [0.2, 0.25) is 5.69 Å². The van der Waals surface area contributed by atoms with Gasteiger partial charge in [0.25, 0.3) is 0 Å². The first kappa shape index (κ1) is 13.5. The average Bonchev–Trinajstić information content (AvgIpc) is 2.93. The Morgan fingerprint density at radius 1 is 1.48 bits per heavy atom. The number of hydrogen-bond donors (Lipinski definition) is 1. The van der Waals surface area contributed by atoms with Crippen molar-refractivity contribution in [3.8, 4) is 0 Å². The Hall–Kier alpha value is -2.51. The number of carbonyl (C=O) groups is 1. The lowest BCUT2D eigenvalue weighted by molar-refractivity contribution is 0.0595. The highest BCUT2D eigenvalue weighted by Gasteiger charge is 2.30. The van der Waals surface area contributed by atoms with E-state index in [-0.39, 0.29) is 11.3 Å². The van der Waals surface area contributed by atoms with Crippen molar-refractivity contribution in [2.24, 2.45) is 0 Å². The summed E-state index contributed by atoms with van der Waals surface area (Å²) in [7, 11) is 1.24. The maximum Gasteiger partial charge on any atom is 0.362 e. The van der Waals surface area contributed by atoms with E-state index in [1.54, 1.807) is 0 Å². The lowest BCUT2D eigenvalue weighted by Crippen LogP contribution is -2.26. The Morgan fingerprint density at radius 3 is 3.05 bits per heavy atom. The van der Waals surface area contributed by atoms with Gasteiger partial charge in [0.15, 0.2) is 5.82 Å². The van der Waals surface area contributed by atoms with Gasteiger partial charge in [0, 0.05) is 12.1 Å². The third-order valence-electron chi connectivity index (χ3n) is 3.40. The number of fused-ring (bicyclic) bond motifs is 1. The number of esters is 1. The van der Waals surface area contributed by atoms with Crippen molar-refractivity contribution in [3.63, 3.8) is 0 Å². The summed E-state index contributed by atoms with van der Waals surface area (Å²) < 4.78 is 33.3. The molecule has 1 aliphatic heterocycles. The molecule has 6 nitrogen and oxygen atoms in total. The lowest BCUT2D eigenvalue weighted by atomic mass is 10.0. The number of ether oxygens (including phenoxy) is 1. The molecule has 1 atom stereocenters. The van der Waals surface area contributed by atoms with Crippen LogP contribution < -0.4 is 5.32 Å². The van der Waals surface area contributed by atoms with Gasteiger partial charge in [-0.15, -0.1) is 5.10 Å². The van der Waals surface area contributed by atoms with Crippen molar-refractivity contribution in [1.82, 2.24) is 15.0 Å². The summed E-state index contributed by atoms with van der Waals surface area (Å²) in [5, 5.41) is 10.6. The number of anilines is 1. The van der Waals surface area contributed by atoms with E-state index in [0.717, 1.165) is 18.2 Å². The summed E-state index contributed by atoms with van der Waals surface area (Å²) in [5.74, 6) is -1.34. The van der Waals surface area contributed by atoms with Gasteiger partial charge in [0.1, 0.15) is 11.6 Å². The number of aromatic nitrogens is 3. The first-order valence-electron chi connectivity index (χ1n) is 6.34. The first-order chi connectivity index (χ1) is 10.1. The third-order valence-corrected chi connectivity index (χ3v) is 3.40. The zero-order valence-electron chi connectivity index (χ0n) is 11.1. The van der Waals surface area contributed by atoms with Crippen LogP contribution in [0.15, 0.2) is 18.2 Å². The molecule has 1 N–H and O–H groups in total. The molecule has 0 spiro atoms. The number of halogens is 2. The van der Waals surface area contributed by atoms with Crippen LogP contribution in [0.5, 0.6) is 0 Å². The molecule has 2 aromatic rings. The van der Waals surface area contributed by atoms with Crippen LogP contribution >= 0.6 is 0 Å². The van der Waals surface area contributed by atoms with Crippen LogP contribution in [0.2, 0.25) is 0 Å². The Kier molecular flexibility index (Phi) is 3.28. The minimum Gasteiger partial charge on any atom is -0.464 e. The number of rotatable bonds is 2. The highest BCUT2D eigenvalue weighted by molar-refractivity contribution is 5.92. The van der Waals surface area contributed by atoms with Crippen LogP contribution in [0.1, 0.15) is 28.5 Å². The van der Waals surface area contributed by atoms with Crippen molar-refractivity contribution in [1.29, 1.82) is 0 Å². The topological polar surface area (TPSA) is 69.0 Å². The molecule has 3 rings (SSSR count). The first-order valence-corrected chi connectivity index (χ1v) is 6.34. The van der Waals surface area contributed by atoms with Crippen molar-refractivity contribution in [3.05, 3.63) is 41.1 Å². The third kappa shape index (κ3) is 2.22. The van der Waals surface area contributed by atoms with Gasteiger partial charge in [-0.2, -0.15) is 0 Å². The smallest absolute Gasteiger partial charge is 0.362 e. The molecule has 1 aromatic carbocycles. The number of hydrogen-bond acceptors (Lipinski definition) is 5. The second-order valence-corrected chi connectivity index (χ2v) is 4.62. The zero-order valence-corrected chi connectivity index (χ0v) is 11.1. The minimum absolute atomic E-state index is 0.0269. The largest absolute Gasteiger partial charge is 0.464 e. The number of nitrogens with zero attached hydrogens (tertiary/aromatic N) is 3. The summed E-state index contributed by atoms with van der Waals surface area (Å²) in [6.07, 6.45) is 0.497. The summed E-state index contributed by atoms with van der Waals surface area (Å²) in [6.45, 7) is 0.484. The zero-order chi connectivity index (χ0) is 15.0. The summed E-state index contributed by atoms with van der Waals surface area (Å²) in [5.41, 5.74) is 0.207. The summed E-state index contributed by atoms with van der Waals surface area (Å²) in [4.78, 5) is 11.6. The van der Waals surface area contributed by atoms with Gasteiger partial charge in [-0.25, -0.2) is 18.3 Å². The average molecular weight is 294 g/mol. The van der Waals surface area contributed by atoms with Crippen molar-refractivity contribution < 1.29 is 18.3 Å². The Labute approximate surface area is 118 Å².